The van der Waals surface area contributed by atoms with Crippen LogP contribution in [0.4, 0.5) is 0 Å². The number of hydrogen-bond donors (Lipinski definition) is 1. The second-order valence-corrected chi connectivity index (χ2v) is 2.45. The summed E-state index contributed by atoms with van der Waals surface area (Å²) in [5.74, 6) is -0.668. The average molecular weight is 218 g/mol. The zero-order chi connectivity index (χ0) is 8.43. The molecule has 0 atom stereocenters. The van der Waals surface area contributed by atoms with E-state index in [2.05, 4.69) is 21.2 Å². The Bertz CT molecular complexity index is 346. The van der Waals surface area contributed by atoms with Crippen molar-refractivity contribution in [3.05, 3.63) is 28.2 Å². The van der Waals surface area contributed by atoms with Gasteiger partial charge in [-0.2, -0.15) is 8.81 Å². The van der Waals surface area contributed by atoms with Crippen molar-refractivity contribution in [2.45, 2.75) is 0 Å². The van der Waals surface area contributed by atoms with Gasteiger partial charge in [0.05, 0.1) is 16.1 Å². The molecule has 5 nitrogen and oxygen atoms in total. The van der Waals surface area contributed by atoms with E-state index in [1.165, 1.54) is 12.1 Å². The SMILES string of the molecule is NC(=O)c1ccc(=O)n(Br)n1. The number of nitrogens with two attached hydrogens (primary N) is 1. The Labute approximate surface area is 70.2 Å². The summed E-state index contributed by atoms with van der Waals surface area (Å²) in [6, 6.07) is 2.46. The van der Waals surface area contributed by atoms with Crippen molar-refractivity contribution in [3.8, 4) is 0 Å². The van der Waals surface area contributed by atoms with Crippen molar-refractivity contribution >= 4 is 22.1 Å². The highest BCUT2D eigenvalue weighted by Gasteiger charge is 2.02. The van der Waals surface area contributed by atoms with Gasteiger partial charge in [-0.1, -0.05) is 0 Å². The minimum atomic E-state index is -0.668. The van der Waals surface area contributed by atoms with Crippen LogP contribution in [-0.2, 0) is 0 Å². The molecule has 0 spiro atoms. The molecule has 0 unspecified atom stereocenters. The first-order valence-corrected chi connectivity index (χ1v) is 3.38. The summed E-state index contributed by atoms with van der Waals surface area (Å²) in [5.41, 5.74) is 4.59. The zero-order valence-electron chi connectivity index (χ0n) is 5.32. The molecule has 58 valence electrons. The van der Waals surface area contributed by atoms with Crippen molar-refractivity contribution in [3.63, 3.8) is 0 Å². The molecule has 0 radical (unpaired) electrons. The number of nitrogens with zero attached hydrogens (tertiary/aromatic N) is 2. The highest BCUT2D eigenvalue weighted by Crippen LogP contribution is 1.89. The van der Waals surface area contributed by atoms with Gasteiger partial charge in [-0.05, 0) is 6.07 Å². The molecule has 0 aliphatic carbocycles. The predicted octanol–water partition coefficient (Wildman–Crippen LogP) is -0.500. The summed E-state index contributed by atoms with van der Waals surface area (Å²) >= 11 is 2.80. The maximum absolute atomic E-state index is 10.7. The normalized spacial score (nSPS) is 9.55. The van der Waals surface area contributed by atoms with Crippen molar-refractivity contribution in [2.75, 3.05) is 0 Å². The number of aromatic nitrogens is 2. The maximum Gasteiger partial charge on any atom is 0.277 e. The molecule has 1 rings (SSSR count). The molecule has 0 bridgehead atoms. The Hall–Kier alpha value is -1.17. The standard InChI is InChI=1S/C5H4BrN3O2/c6-9-4(10)2-1-3(8-9)5(7)11/h1-2H,(H2,7,11). The highest BCUT2D eigenvalue weighted by molar-refractivity contribution is 9.08. The van der Waals surface area contributed by atoms with E-state index in [1.807, 2.05) is 0 Å². The number of halogens is 1. The molecule has 1 amide bonds. The summed E-state index contributed by atoms with van der Waals surface area (Å²) in [6.45, 7) is 0. The summed E-state index contributed by atoms with van der Waals surface area (Å²) < 4.78 is 0.868. The van der Waals surface area contributed by atoms with E-state index < -0.39 is 5.91 Å². The summed E-state index contributed by atoms with van der Waals surface area (Å²) in [5, 5.41) is 3.52. The number of hydrogen-bond acceptors (Lipinski definition) is 3. The first kappa shape index (κ1) is 7.93. The number of primary amides is 1. The molecule has 0 fully saturated rings. The van der Waals surface area contributed by atoms with Crippen LogP contribution < -0.4 is 11.3 Å². The van der Waals surface area contributed by atoms with Crippen molar-refractivity contribution in [1.29, 1.82) is 0 Å². The number of amides is 1. The summed E-state index contributed by atoms with van der Waals surface area (Å²) in [6.07, 6.45) is 0. The predicted molar refractivity (Wildman–Crippen MR) is 41.3 cm³/mol. The Morgan fingerprint density at radius 2 is 2.27 bits per heavy atom. The van der Waals surface area contributed by atoms with Gasteiger partial charge in [-0.3, -0.25) is 9.59 Å². The topological polar surface area (TPSA) is 78.0 Å². The molecule has 0 saturated carbocycles. The van der Waals surface area contributed by atoms with Crippen molar-refractivity contribution < 1.29 is 4.79 Å². The molecule has 1 aromatic heterocycles. The fraction of sp³-hybridized carbons (Fsp3) is 0. The van der Waals surface area contributed by atoms with Gasteiger partial charge in [0.2, 0.25) is 0 Å². The van der Waals surface area contributed by atoms with Crippen LogP contribution in [0.5, 0.6) is 0 Å². The quantitative estimate of drug-likeness (QED) is 0.690. The van der Waals surface area contributed by atoms with E-state index in [0.717, 1.165) is 3.71 Å². The van der Waals surface area contributed by atoms with Gasteiger partial charge in [0.15, 0.2) is 0 Å². The van der Waals surface area contributed by atoms with Gasteiger partial charge in [0, 0.05) is 6.07 Å². The van der Waals surface area contributed by atoms with Crippen LogP contribution in [0.25, 0.3) is 0 Å². The first-order valence-electron chi connectivity index (χ1n) is 2.67. The van der Waals surface area contributed by atoms with Crippen molar-refractivity contribution in [2.24, 2.45) is 5.73 Å². The lowest BCUT2D eigenvalue weighted by molar-refractivity contribution is 0.0994. The van der Waals surface area contributed by atoms with Crippen LogP contribution in [0.2, 0.25) is 0 Å². The first-order chi connectivity index (χ1) is 5.11. The minimum Gasteiger partial charge on any atom is -0.364 e. The van der Waals surface area contributed by atoms with Crippen LogP contribution in [0.15, 0.2) is 16.9 Å². The maximum atomic E-state index is 10.7. The van der Waals surface area contributed by atoms with Crippen molar-refractivity contribution in [1.82, 2.24) is 8.81 Å². The number of rotatable bonds is 1. The van der Waals surface area contributed by atoms with Crippen LogP contribution in [-0.4, -0.2) is 14.7 Å². The fourth-order valence-electron chi connectivity index (χ4n) is 0.520. The zero-order valence-corrected chi connectivity index (χ0v) is 6.91. The summed E-state index contributed by atoms with van der Waals surface area (Å²) in [7, 11) is 0. The third-order valence-corrected chi connectivity index (χ3v) is 1.52. The second-order valence-electron chi connectivity index (χ2n) is 1.78. The third kappa shape index (κ3) is 1.64. The lowest BCUT2D eigenvalue weighted by Crippen LogP contribution is -2.20. The van der Waals surface area contributed by atoms with E-state index in [0.29, 0.717) is 0 Å². The van der Waals surface area contributed by atoms with E-state index in [1.54, 1.807) is 0 Å². The molecule has 1 heterocycles. The van der Waals surface area contributed by atoms with Crippen LogP contribution in [0.1, 0.15) is 10.5 Å². The fourth-order valence-corrected chi connectivity index (χ4v) is 0.809. The van der Waals surface area contributed by atoms with Crippen LogP contribution in [0, 0.1) is 0 Å². The summed E-state index contributed by atoms with van der Waals surface area (Å²) in [4.78, 5) is 21.2. The molecule has 2 N–H and O–H groups in total. The van der Waals surface area contributed by atoms with Crippen LogP contribution in [0.3, 0.4) is 0 Å². The third-order valence-electron chi connectivity index (χ3n) is 1.01. The highest BCUT2D eigenvalue weighted by atomic mass is 79.9. The smallest absolute Gasteiger partial charge is 0.277 e. The van der Waals surface area contributed by atoms with Crippen LogP contribution >= 0.6 is 16.1 Å². The molecule has 0 aliphatic rings. The van der Waals surface area contributed by atoms with E-state index in [4.69, 9.17) is 5.73 Å². The van der Waals surface area contributed by atoms with Gasteiger partial charge in [-0.25, -0.2) is 0 Å². The molecule has 6 heteroatoms. The molecule has 1 aromatic rings. The van der Waals surface area contributed by atoms with Gasteiger partial charge in [0.25, 0.3) is 11.5 Å². The molecule has 0 saturated heterocycles. The largest absolute Gasteiger partial charge is 0.364 e. The lowest BCUT2D eigenvalue weighted by atomic mass is 10.4. The van der Waals surface area contributed by atoms with Gasteiger partial charge in [-0.15, -0.1) is 0 Å². The van der Waals surface area contributed by atoms with E-state index >= 15 is 0 Å². The van der Waals surface area contributed by atoms with E-state index in [-0.39, 0.29) is 11.3 Å². The second kappa shape index (κ2) is 2.83. The number of carbonyl (C=O) groups excluding carboxylic acids is 1. The minimum absolute atomic E-state index is 0.0430. The molecular formula is C5H4BrN3O2. The Kier molecular flexibility index (Phi) is 2.04. The van der Waals surface area contributed by atoms with Gasteiger partial charge < -0.3 is 5.73 Å². The number of carbonyl (C=O) groups is 1. The molecule has 0 aliphatic heterocycles. The average Bonchev–Trinajstić information content (AvgIpc) is 1.94. The van der Waals surface area contributed by atoms with E-state index in [9.17, 15) is 9.59 Å². The molecule has 0 aromatic carbocycles. The van der Waals surface area contributed by atoms with Gasteiger partial charge >= 0.3 is 0 Å². The molecule has 11 heavy (non-hydrogen) atoms. The monoisotopic (exact) mass is 217 g/mol. The Morgan fingerprint density at radius 1 is 1.64 bits per heavy atom. The Morgan fingerprint density at radius 3 is 2.73 bits per heavy atom. The lowest BCUT2D eigenvalue weighted by Gasteiger charge is -1.94. The molecular weight excluding hydrogens is 214 g/mol. The van der Waals surface area contributed by atoms with Gasteiger partial charge in [0.1, 0.15) is 5.69 Å². The Balaban J connectivity index is 3.26.